The Kier molecular flexibility index (Phi) is 6.12. The third-order valence-corrected chi connectivity index (χ3v) is 4.08. The van der Waals surface area contributed by atoms with Crippen molar-refractivity contribution in [1.82, 2.24) is 15.3 Å². The molecule has 1 unspecified atom stereocenters. The Balaban J connectivity index is 1.98. The molecule has 2 rings (SSSR count). The van der Waals surface area contributed by atoms with Crippen molar-refractivity contribution in [3.8, 4) is 0 Å². The van der Waals surface area contributed by atoms with Crippen LogP contribution in [0.2, 0.25) is 0 Å². The minimum absolute atomic E-state index is 0.311. The lowest BCUT2D eigenvalue weighted by Gasteiger charge is -2.22. The predicted octanol–water partition coefficient (Wildman–Crippen LogP) is 2.75. The molecule has 0 amide bonds. The maximum Gasteiger partial charge on any atom is 0.131 e. The molecule has 2 heterocycles. The normalized spacial score (nSPS) is 19.2. The average Bonchev–Trinajstić information content (AvgIpc) is 2.42. The molecule has 1 aliphatic heterocycles. The van der Waals surface area contributed by atoms with Crippen LogP contribution in [0, 0.1) is 13.8 Å². The molecule has 0 radical (unpaired) electrons. The third kappa shape index (κ3) is 5.04. The van der Waals surface area contributed by atoms with Crippen molar-refractivity contribution < 1.29 is 4.74 Å². The van der Waals surface area contributed by atoms with Crippen LogP contribution in [0.3, 0.4) is 0 Å². The van der Waals surface area contributed by atoms with Crippen LogP contribution < -0.4 is 5.32 Å². The van der Waals surface area contributed by atoms with Gasteiger partial charge in [0.1, 0.15) is 5.82 Å². The molecule has 0 bridgehead atoms. The van der Waals surface area contributed by atoms with Gasteiger partial charge >= 0.3 is 0 Å². The molecule has 1 atom stereocenters. The number of ether oxygens (including phenoxy) is 1. The van der Waals surface area contributed by atoms with Crippen LogP contribution >= 0.6 is 0 Å². The summed E-state index contributed by atoms with van der Waals surface area (Å²) in [6.07, 6.45) is 5.76. The number of aromatic nitrogens is 2. The summed E-state index contributed by atoms with van der Waals surface area (Å²) < 4.78 is 5.79. The van der Waals surface area contributed by atoms with Crippen molar-refractivity contribution in [3.63, 3.8) is 0 Å². The van der Waals surface area contributed by atoms with Crippen LogP contribution in [0.5, 0.6) is 0 Å². The lowest BCUT2D eigenvalue weighted by Crippen LogP contribution is -2.26. The topological polar surface area (TPSA) is 47.0 Å². The number of nitrogens with one attached hydrogen (secondary N) is 1. The zero-order valence-electron chi connectivity index (χ0n) is 13.9. The minimum atomic E-state index is 0.311. The summed E-state index contributed by atoms with van der Waals surface area (Å²) in [4.78, 5) is 9.41. The van der Waals surface area contributed by atoms with E-state index >= 15 is 0 Å². The first-order chi connectivity index (χ1) is 10.1. The highest BCUT2D eigenvalue weighted by Gasteiger charge is 2.17. The molecule has 0 spiro atoms. The predicted molar refractivity (Wildman–Crippen MR) is 85.6 cm³/mol. The average molecular weight is 291 g/mol. The van der Waals surface area contributed by atoms with E-state index in [9.17, 15) is 0 Å². The van der Waals surface area contributed by atoms with Crippen molar-refractivity contribution in [1.29, 1.82) is 0 Å². The maximum absolute atomic E-state index is 5.79. The summed E-state index contributed by atoms with van der Waals surface area (Å²) in [6, 6.07) is 0.522. The van der Waals surface area contributed by atoms with Crippen LogP contribution in [-0.2, 0) is 17.6 Å². The molecule has 21 heavy (non-hydrogen) atoms. The SMILES string of the molecule is Cc1nc(CC2CCCCO2)nc(C)c1CCNC(C)C. The van der Waals surface area contributed by atoms with Gasteiger partial charge in [-0.3, -0.25) is 0 Å². The quantitative estimate of drug-likeness (QED) is 0.875. The van der Waals surface area contributed by atoms with Crippen molar-refractivity contribution in [2.24, 2.45) is 0 Å². The van der Waals surface area contributed by atoms with E-state index in [1.165, 1.54) is 18.4 Å². The van der Waals surface area contributed by atoms with E-state index in [0.717, 1.165) is 49.6 Å². The maximum atomic E-state index is 5.79. The number of nitrogens with zero attached hydrogens (tertiary/aromatic N) is 2. The fraction of sp³-hybridized carbons (Fsp3) is 0.765. The zero-order chi connectivity index (χ0) is 15.2. The third-order valence-electron chi connectivity index (χ3n) is 4.08. The van der Waals surface area contributed by atoms with Gasteiger partial charge in [0.05, 0.1) is 6.10 Å². The second-order valence-electron chi connectivity index (χ2n) is 6.34. The second kappa shape index (κ2) is 7.85. The Morgan fingerprint density at radius 2 is 1.90 bits per heavy atom. The molecular formula is C17H29N3O. The van der Waals surface area contributed by atoms with Gasteiger partial charge in [-0.25, -0.2) is 9.97 Å². The van der Waals surface area contributed by atoms with Crippen LogP contribution in [0.25, 0.3) is 0 Å². The van der Waals surface area contributed by atoms with E-state index in [-0.39, 0.29) is 0 Å². The van der Waals surface area contributed by atoms with Gasteiger partial charge in [-0.2, -0.15) is 0 Å². The van der Waals surface area contributed by atoms with E-state index < -0.39 is 0 Å². The summed E-state index contributed by atoms with van der Waals surface area (Å²) in [6.45, 7) is 10.4. The summed E-state index contributed by atoms with van der Waals surface area (Å²) >= 11 is 0. The first-order valence-corrected chi connectivity index (χ1v) is 8.24. The van der Waals surface area contributed by atoms with Gasteiger partial charge in [-0.1, -0.05) is 13.8 Å². The van der Waals surface area contributed by atoms with Crippen molar-refractivity contribution >= 4 is 0 Å². The molecule has 118 valence electrons. The Bertz CT molecular complexity index is 430. The van der Waals surface area contributed by atoms with Crippen LogP contribution in [0.15, 0.2) is 0 Å². The molecule has 1 aliphatic rings. The molecule has 1 saturated heterocycles. The molecule has 1 aromatic heterocycles. The molecular weight excluding hydrogens is 262 g/mol. The molecule has 0 aromatic carbocycles. The highest BCUT2D eigenvalue weighted by molar-refractivity contribution is 5.25. The summed E-state index contributed by atoms with van der Waals surface area (Å²) in [5, 5.41) is 3.45. The van der Waals surface area contributed by atoms with E-state index in [4.69, 9.17) is 14.7 Å². The monoisotopic (exact) mass is 291 g/mol. The second-order valence-corrected chi connectivity index (χ2v) is 6.34. The van der Waals surface area contributed by atoms with E-state index in [0.29, 0.717) is 12.1 Å². The van der Waals surface area contributed by atoms with Crippen LogP contribution in [-0.4, -0.2) is 35.3 Å². The Morgan fingerprint density at radius 1 is 1.19 bits per heavy atom. The van der Waals surface area contributed by atoms with Gasteiger partial charge in [0, 0.05) is 30.5 Å². The molecule has 0 aliphatic carbocycles. The summed E-state index contributed by atoms with van der Waals surface area (Å²) in [5.41, 5.74) is 3.54. The highest BCUT2D eigenvalue weighted by Crippen LogP contribution is 2.17. The fourth-order valence-corrected chi connectivity index (χ4v) is 2.92. The Hall–Kier alpha value is -1.00. The first kappa shape index (κ1) is 16.4. The van der Waals surface area contributed by atoms with Crippen molar-refractivity contribution in [2.45, 2.75) is 71.9 Å². The molecule has 4 nitrogen and oxygen atoms in total. The van der Waals surface area contributed by atoms with Crippen molar-refractivity contribution in [2.75, 3.05) is 13.2 Å². The lowest BCUT2D eigenvalue weighted by molar-refractivity contribution is 0.0156. The molecule has 1 fully saturated rings. The molecule has 1 N–H and O–H groups in total. The number of rotatable bonds is 6. The lowest BCUT2D eigenvalue weighted by atomic mass is 10.0. The van der Waals surface area contributed by atoms with E-state index in [1.54, 1.807) is 0 Å². The number of aryl methyl sites for hydroxylation is 2. The van der Waals surface area contributed by atoms with Crippen molar-refractivity contribution in [3.05, 3.63) is 22.8 Å². The molecule has 4 heteroatoms. The standard InChI is InChI=1S/C17H29N3O/c1-12(2)18-9-8-16-13(3)19-17(20-14(16)4)11-15-7-5-6-10-21-15/h12,15,18H,5-11H2,1-4H3. The van der Waals surface area contributed by atoms with E-state index in [1.807, 2.05) is 0 Å². The van der Waals surface area contributed by atoms with Gasteiger partial charge in [0.25, 0.3) is 0 Å². The van der Waals surface area contributed by atoms with Crippen LogP contribution in [0.4, 0.5) is 0 Å². The van der Waals surface area contributed by atoms with Gasteiger partial charge < -0.3 is 10.1 Å². The number of hydrogen-bond donors (Lipinski definition) is 1. The highest BCUT2D eigenvalue weighted by atomic mass is 16.5. The first-order valence-electron chi connectivity index (χ1n) is 8.24. The molecule has 1 aromatic rings. The summed E-state index contributed by atoms with van der Waals surface area (Å²) in [5.74, 6) is 0.942. The largest absolute Gasteiger partial charge is 0.378 e. The van der Waals surface area contributed by atoms with Gasteiger partial charge in [0.2, 0.25) is 0 Å². The van der Waals surface area contributed by atoms with Gasteiger partial charge in [-0.15, -0.1) is 0 Å². The van der Waals surface area contributed by atoms with E-state index in [2.05, 4.69) is 33.0 Å². The minimum Gasteiger partial charge on any atom is -0.378 e. The number of hydrogen-bond acceptors (Lipinski definition) is 4. The Labute approximate surface area is 128 Å². The zero-order valence-corrected chi connectivity index (χ0v) is 13.9. The van der Waals surface area contributed by atoms with Crippen LogP contribution in [0.1, 0.15) is 55.9 Å². The van der Waals surface area contributed by atoms with Gasteiger partial charge in [-0.05, 0) is 51.6 Å². The smallest absolute Gasteiger partial charge is 0.131 e. The Morgan fingerprint density at radius 3 is 2.48 bits per heavy atom. The van der Waals surface area contributed by atoms with Gasteiger partial charge in [0.15, 0.2) is 0 Å². The summed E-state index contributed by atoms with van der Waals surface area (Å²) in [7, 11) is 0. The fourth-order valence-electron chi connectivity index (χ4n) is 2.92. The molecule has 0 saturated carbocycles.